The molecule has 0 aliphatic rings. The Labute approximate surface area is 184 Å². The van der Waals surface area contributed by atoms with Crippen LogP contribution in [-0.4, -0.2) is 27.6 Å². The summed E-state index contributed by atoms with van der Waals surface area (Å²) in [4.78, 5) is 16.4. The quantitative estimate of drug-likeness (QED) is 0.423. The summed E-state index contributed by atoms with van der Waals surface area (Å²) in [5.74, 6) is -0.110. The van der Waals surface area contributed by atoms with Gasteiger partial charge in [0.05, 0.1) is 16.4 Å². The molecule has 4 aromatic rings. The fourth-order valence-corrected chi connectivity index (χ4v) is 3.59. The van der Waals surface area contributed by atoms with Crippen molar-refractivity contribution in [2.24, 2.45) is 0 Å². The summed E-state index contributed by atoms with van der Waals surface area (Å²) in [6.45, 7) is 0.552. The number of aromatic amines is 1. The van der Waals surface area contributed by atoms with Crippen molar-refractivity contribution in [1.82, 2.24) is 20.5 Å². The number of amides is 1. The minimum atomic E-state index is -0.110. The number of aromatic nitrogens is 3. The highest BCUT2D eigenvalue weighted by molar-refractivity contribution is 6.36. The van der Waals surface area contributed by atoms with E-state index in [1.54, 1.807) is 36.7 Å². The molecular formula is C23H18Cl2N4O. The molecule has 0 atom stereocenters. The second kappa shape index (κ2) is 9.11. The fraction of sp³-hybridized carbons (Fsp3) is 0.0870. The normalized spacial score (nSPS) is 10.7. The molecule has 2 N–H and O–H groups in total. The Bertz CT molecular complexity index is 1160. The highest BCUT2D eigenvalue weighted by Gasteiger charge is 2.11. The highest BCUT2D eigenvalue weighted by atomic mass is 35.5. The number of rotatable bonds is 6. The van der Waals surface area contributed by atoms with Gasteiger partial charge in [-0.3, -0.25) is 14.9 Å². The van der Waals surface area contributed by atoms with Gasteiger partial charge in [-0.15, -0.1) is 0 Å². The molecule has 4 rings (SSSR count). The topological polar surface area (TPSA) is 70.7 Å². The third-order valence-corrected chi connectivity index (χ3v) is 5.21. The van der Waals surface area contributed by atoms with Gasteiger partial charge in [0.25, 0.3) is 5.91 Å². The number of nitrogens with one attached hydrogen (secondary N) is 2. The van der Waals surface area contributed by atoms with E-state index in [-0.39, 0.29) is 5.91 Å². The van der Waals surface area contributed by atoms with Gasteiger partial charge in [0.1, 0.15) is 0 Å². The Hall–Kier alpha value is -3.15. The summed E-state index contributed by atoms with van der Waals surface area (Å²) in [7, 11) is 0. The van der Waals surface area contributed by atoms with Crippen molar-refractivity contribution in [2.75, 3.05) is 6.54 Å². The van der Waals surface area contributed by atoms with Gasteiger partial charge in [-0.1, -0.05) is 41.4 Å². The van der Waals surface area contributed by atoms with E-state index in [1.165, 1.54) is 0 Å². The summed E-state index contributed by atoms with van der Waals surface area (Å²) >= 11 is 12.2. The van der Waals surface area contributed by atoms with Crippen LogP contribution in [0.5, 0.6) is 0 Å². The Balaban J connectivity index is 1.41. The number of hydrogen-bond donors (Lipinski definition) is 2. The maximum atomic E-state index is 12.4. The largest absolute Gasteiger partial charge is 0.352 e. The third kappa shape index (κ3) is 4.70. The molecule has 0 saturated carbocycles. The molecule has 0 saturated heterocycles. The van der Waals surface area contributed by atoms with Crippen molar-refractivity contribution < 1.29 is 4.79 Å². The second-order valence-corrected chi connectivity index (χ2v) is 7.58. The van der Waals surface area contributed by atoms with Crippen LogP contribution in [0.1, 0.15) is 15.9 Å². The number of hydrogen-bond acceptors (Lipinski definition) is 3. The van der Waals surface area contributed by atoms with Gasteiger partial charge in [-0.25, -0.2) is 0 Å². The van der Waals surface area contributed by atoms with Gasteiger partial charge >= 0.3 is 0 Å². The smallest absolute Gasteiger partial charge is 0.251 e. The molecule has 30 heavy (non-hydrogen) atoms. The first-order valence-corrected chi connectivity index (χ1v) is 10.1. The van der Waals surface area contributed by atoms with Crippen molar-refractivity contribution in [2.45, 2.75) is 6.42 Å². The number of carbonyl (C=O) groups excluding carboxylic acids is 1. The molecule has 2 heterocycles. The first-order valence-electron chi connectivity index (χ1n) is 9.38. The van der Waals surface area contributed by atoms with Crippen molar-refractivity contribution >= 4 is 29.1 Å². The molecular weight excluding hydrogens is 419 g/mol. The zero-order chi connectivity index (χ0) is 20.9. The van der Waals surface area contributed by atoms with Gasteiger partial charge in [0.2, 0.25) is 0 Å². The molecule has 2 aromatic heterocycles. The van der Waals surface area contributed by atoms with E-state index in [1.807, 2.05) is 36.4 Å². The van der Waals surface area contributed by atoms with E-state index in [0.29, 0.717) is 22.2 Å². The van der Waals surface area contributed by atoms with Crippen LogP contribution in [0, 0.1) is 0 Å². The summed E-state index contributed by atoms with van der Waals surface area (Å²) in [5.41, 5.74) is 4.96. The van der Waals surface area contributed by atoms with Gasteiger partial charge in [0, 0.05) is 40.7 Å². The van der Waals surface area contributed by atoms with Crippen LogP contribution < -0.4 is 5.32 Å². The highest BCUT2D eigenvalue weighted by Crippen LogP contribution is 2.31. The molecule has 150 valence electrons. The van der Waals surface area contributed by atoms with Crippen LogP contribution in [0.3, 0.4) is 0 Å². The Morgan fingerprint density at radius 3 is 2.60 bits per heavy atom. The molecule has 0 unspecified atom stereocenters. The van der Waals surface area contributed by atoms with E-state index in [4.69, 9.17) is 23.2 Å². The summed E-state index contributed by atoms with van der Waals surface area (Å²) in [6, 6.07) is 18.4. The van der Waals surface area contributed by atoms with Crippen molar-refractivity contribution in [3.05, 3.63) is 94.2 Å². The van der Waals surface area contributed by atoms with Crippen LogP contribution >= 0.6 is 23.2 Å². The lowest BCUT2D eigenvalue weighted by molar-refractivity contribution is 0.0954. The summed E-state index contributed by atoms with van der Waals surface area (Å²) < 4.78 is 0. The number of pyridine rings is 1. The van der Waals surface area contributed by atoms with Crippen LogP contribution in [-0.2, 0) is 6.42 Å². The van der Waals surface area contributed by atoms with E-state index >= 15 is 0 Å². The lowest BCUT2D eigenvalue weighted by Gasteiger charge is -2.06. The maximum Gasteiger partial charge on any atom is 0.251 e. The number of halogens is 2. The van der Waals surface area contributed by atoms with Crippen molar-refractivity contribution in [3.8, 4) is 22.5 Å². The minimum absolute atomic E-state index is 0.110. The Morgan fingerprint density at radius 2 is 1.87 bits per heavy atom. The summed E-state index contributed by atoms with van der Waals surface area (Å²) in [6.07, 6.45) is 4.27. The number of carbonyl (C=O) groups is 1. The first-order chi connectivity index (χ1) is 14.6. The average Bonchev–Trinajstić information content (AvgIpc) is 3.24. The first kappa shape index (κ1) is 20.1. The molecule has 0 fully saturated rings. The van der Waals surface area contributed by atoms with Crippen molar-refractivity contribution in [1.29, 1.82) is 0 Å². The molecule has 5 nitrogen and oxygen atoms in total. The Kier molecular flexibility index (Phi) is 6.12. The lowest BCUT2D eigenvalue weighted by atomic mass is 10.1. The Morgan fingerprint density at radius 1 is 1.03 bits per heavy atom. The number of nitrogens with zero attached hydrogens (tertiary/aromatic N) is 2. The molecule has 7 heteroatoms. The predicted octanol–water partition coefficient (Wildman–Crippen LogP) is 5.42. The second-order valence-electron chi connectivity index (χ2n) is 6.74. The van der Waals surface area contributed by atoms with Gasteiger partial charge in [-0.2, -0.15) is 5.10 Å². The maximum absolute atomic E-state index is 12.4. The van der Waals surface area contributed by atoms with E-state index in [0.717, 1.165) is 34.5 Å². The monoisotopic (exact) mass is 436 g/mol. The van der Waals surface area contributed by atoms with E-state index < -0.39 is 0 Å². The molecule has 0 aliphatic heterocycles. The van der Waals surface area contributed by atoms with E-state index in [2.05, 4.69) is 20.5 Å². The van der Waals surface area contributed by atoms with Crippen molar-refractivity contribution in [3.63, 3.8) is 0 Å². The number of benzene rings is 2. The lowest BCUT2D eigenvalue weighted by Crippen LogP contribution is -2.25. The predicted molar refractivity (Wildman–Crippen MR) is 120 cm³/mol. The van der Waals surface area contributed by atoms with Crippen LogP contribution in [0.15, 0.2) is 73.1 Å². The van der Waals surface area contributed by atoms with Crippen LogP contribution in [0.4, 0.5) is 0 Å². The number of H-pyrrole nitrogens is 1. The molecule has 0 bridgehead atoms. The molecule has 1 amide bonds. The van der Waals surface area contributed by atoms with Crippen LogP contribution in [0.2, 0.25) is 10.0 Å². The standard InChI is InChI=1S/C23H18Cl2N4O/c24-18-7-8-19(20(25)12-18)22-13-21(28-29-22)16-3-5-17(6-4-16)23(30)27-11-9-15-2-1-10-26-14-15/h1-8,10,12-14H,9,11H2,(H,27,30)(H,28,29). The zero-order valence-electron chi connectivity index (χ0n) is 15.9. The SMILES string of the molecule is O=C(NCCc1cccnc1)c1ccc(-c2cc(-c3ccc(Cl)cc3Cl)[nH]n2)cc1. The molecule has 2 aromatic carbocycles. The van der Waals surface area contributed by atoms with Gasteiger partial charge < -0.3 is 5.32 Å². The van der Waals surface area contributed by atoms with E-state index in [9.17, 15) is 4.79 Å². The summed E-state index contributed by atoms with van der Waals surface area (Å²) in [5, 5.41) is 11.4. The van der Waals surface area contributed by atoms with Gasteiger partial charge in [-0.05, 0) is 54.4 Å². The molecule has 0 spiro atoms. The molecule has 0 radical (unpaired) electrons. The van der Waals surface area contributed by atoms with Gasteiger partial charge in [0.15, 0.2) is 0 Å². The minimum Gasteiger partial charge on any atom is -0.352 e. The average molecular weight is 437 g/mol. The third-order valence-electron chi connectivity index (χ3n) is 4.66. The molecule has 0 aliphatic carbocycles. The zero-order valence-corrected chi connectivity index (χ0v) is 17.4. The van der Waals surface area contributed by atoms with Crippen LogP contribution in [0.25, 0.3) is 22.5 Å². The fourth-order valence-electron chi connectivity index (χ4n) is 3.08.